The standard InChI is InChI=1S/C11H9Br2NO2S2/c1-7-2-3-9(8(12)6-7)14-18(15,16)11-5-4-10(13)17-11/h2-6,14H,1H3. The Bertz CT molecular complexity index is 680. The van der Waals surface area contributed by atoms with Gasteiger partial charge < -0.3 is 0 Å². The topological polar surface area (TPSA) is 46.2 Å². The van der Waals surface area contributed by atoms with E-state index in [0.29, 0.717) is 5.69 Å². The Labute approximate surface area is 127 Å². The molecule has 0 amide bonds. The molecule has 1 aromatic heterocycles. The maximum Gasteiger partial charge on any atom is 0.271 e. The summed E-state index contributed by atoms with van der Waals surface area (Å²) in [4.78, 5) is 0. The Morgan fingerprint density at radius 2 is 1.89 bits per heavy atom. The van der Waals surface area contributed by atoms with Crippen molar-refractivity contribution in [1.82, 2.24) is 0 Å². The Balaban J connectivity index is 2.33. The van der Waals surface area contributed by atoms with Gasteiger partial charge in [0.15, 0.2) is 0 Å². The predicted molar refractivity (Wildman–Crippen MR) is 81.7 cm³/mol. The normalized spacial score (nSPS) is 11.5. The Hall–Kier alpha value is -0.370. The van der Waals surface area contributed by atoms with Crippen molar-refractivity contribution in [3.8, 4) is 0 Å². The molecular formula is C11H9Br2NO2S2. The SMILES string of the molecule is Cc1ccc(NS(=O)(=O)c2ccc(Br)s2)c(Br)c1. The summed E-state index contributed by atoms with van der Waals surface area (Å²) in [5.41, 5.74) is 1.59. The fourth-order valence-corrected chi connectivity index (χ4v) is 5.15. The molecule has 1 N–H and O–H groups in total. The number of rotatable bonds is 3. The number of sulfonamides is 1. The van der Waals surface area contributed by atoms with E-state index in [4.69, 9.17) is 0 Å². The molecule has 0 spiro atoms. The Morgan fingerprint density at radius 3 is 2.44 bits per heavy atom. The molecule has 0 saturated heterocycles. The van der Waals surface area contributed by atoms with Gasteiger partial charge in [0.1, 0.15) is 4.21 Å². The minimum absolute atomic E-state index is 0.279. The molecule has 0 saturated carbocycles. The molecule has 0 bridgehead atoms. The number of nitrogens with one attached hydrogen (secondary N) is 1. The van der Waals surface area contributed by atoms with Crippen LogP contribution in [0.1, 0.15) is 5.56 Å². The number of aryl methyl sites for hydroxylation is 1. The summed E-state index contributed by atoms with van der Waals surface area (Å²) in [6.07, 6.45) is 0. The van der Waals surface area contributed by atoms with Crippen LogP contribution in [0.5, 0.6) is 0 Å². The van der Waals surface area contributed by atoms with Gasteiger partial charge in [-0.2, -0.15) is 0 Å². The number of anilines is 1. The lowest BCUT2D eigenvalue weighted by atomic mass is 10.2. The van der Waals surface area contributed by atoms with Gasteiger partial charge in [-0.15, -0.1) is 11.3 Å². The second kappa shape index (κ2) is 5.32. The zero-order valence-corrected chi connectivity index (χ0v) is 14.1. The van der Waals surface area contributed by atoms with Crippen LogP contribution in [0.15, 0.2) is 42.8 Å². The zero-order valence-electron chi connectivity index (χ0n) is 9.28. The van der Waals surface area contributed by atoms with E-state index in [0.717, 1.165) is 13.8 Å². The maximum atomic E-state index is 12.1. The first-order valence-corrected chi connectivity index (χ1v) is 8.81. The van der Waals surface area contributed by atoms with Crippen molar-refractivity contribution in [3.05, 3.63) is 44.2 Å². The van der Waals surface area contributed by atoms with Crippen LogP contribution in [-0.2, 0) is 10.0 Å². The highest BCUT2D eigenvalue weighted by Crippen LogP contribution is 2.30. The van der Waals surface area contributed by atoms with Gasteiger partial charge in [-0.3, -0.25) is 4.72 Å². The van der Waals surface area contributed by atoms with Crippen molar-refractivity contribution in [2.45, 2.75) is 11.1 Å². The van der Waals surface area contributed by atoms with Crippen molar-refractivity contribution < 1.29 is 8.42 Å². The van der Waals surface area contributed by atoms with Crippen LogP contribution in [-0.4, -0.2) is 8.42 Å². The molecule has 0 fully saturated rings. The molecule has 2 aromatic rings. The third-order valence-corrected chi connectivity index (χ3v) is 6.32. The highest BCUT2D eigenvalue weighted by Gasteiger charge is 2.17. The second-order valence-electron chi connectivity index (χ2n) is 3.65. The second-order valence-corrected chi connectivity index (χ2v) is 8.87. The van der Waals surface area contributed by atoms with E-state index in [1.165, 1.54) is 11.3 Å². The summed E-state index contributed by atoms with van der Waals surface area (Å²) in [7, 11) is -3.52. The molecule has 0 radical (unpaired) electrons. The van der Waals surface area contributed by atoms with Gasteiger partial charge in [0.05, 0.1) is 9.47 Å². The third-order valence-electron chi connectivity index (χ3n) is 2.18. The van der Waals surface area contributed by atoms with Crippen LogP contribution in [0.25, 0.3) is 0 Å². The lowest BCUT2D eigenvalue weighted by Gasteiger charge is -2.08. The van der Waals surface area contributed by atoms with Crippen LogP contribution in [0.4, 0.5) is 5.69 Å². The van der Waals surface area contributed by atoms with E-state index >= 15 is 0 Å². The number of thiophene rings is 1. The minimum atomic E-state index is -3.52. The zero-order chi connectivity index (χ0) is 13.3. The number of hydrogen-bond donors (Lipinski definition) is 1. The van der Waals surface area contributed by atoms with E-state index in [-0.39, 0.29) is 4.21 Å². The van der Waals surface area contributed by atoms with Gasteiger partial charge >= 0.3 is 0 Å². The monoisotopic (exact) mass is 409 g/mol. The molecule has 0 aliphatic rings. The van der Waals surface area contributed by atoms with Gasteiger partial charge in [-0.25, -0.2) is 8.42 Å². The Morgan fingerprint density at radius 1 is 1.17 bits per heavy atom. The lowest BCUT2D eigenvalue weighted by Crippen LogP contribution is -2.11. The summed E-state index contributed by atoms with van der Waals surface area (Å²) >= 11 is 7.77. The number of halogens is 2. The van der Waals surface area contributed by atoms with Gasteiger partial charge in [-0.05, 0) is 68.6 Å². The van der Waals surface area contributed by atoms with Crippen molar-refractivity contribution in [3.63, 3.8) is 0 Å². The molecule has 0 aliphatic heterocycles. The molecular weight excluding hydrogens is 402 g/mol. The van der Waals surface area contributed by atoms with Crippen LogP contribution in [0.2, 0.25) is 0 Å². The summed E-state index contributed by atoms with van der Waals surface area (Å²) in [5.74, 6) is 0. The molecule has 1 aromatic carbocycles. The average molecular weight is 411 g/mol. The maximum absolute atomic E-state index is 12.1. The highest BCUT2D eigenvalue weighted by atomic mass is 79.9. The Kier molecular flexibility index (Phi) is 4.15. The van der Waals surface area contributed by atoms with E-state index in [1.807, 2.05) is 19.1 Å². The molecule has 3 nitrogen and oxygen atoms in total. The van der Waals surface area contributed by atoms with Crippen molar-refractivity contribution in [2.24, 2.45) is 0 Å². The van der Waals surface area contributed by atoms with Gasteiger partial charge in [0.2, 0.25) is 0 Å². The van der Waals surface area contributed by atoms with Crippen molar-refractivity contribution in [2.75, 3.05) is 4.72 Å². The van der Waals surface area contributed by atoms with Crippen LogP contribution < -0.4 is 4.72 Å². The van der Waals surface area contributed by atoms with Crippen molar-refractivity contribution in [1.29, 1.82) is 0 Å². The predicted octanol–water partition coefficient (Wildman–Crippen LogP) is 4.38. The molecule has 1 heterocycles. The number of benzene rings is 1. The summed E-state index contributed by atoms with van der Waals surface area (Å²) in [6.45, 7) is 1.94. The first-order chi connectivity index (χ1) is 8.38. The van der Waals surface area contributed by atoms with E-state index in [1.54, 1.807) is 18.2 Å². The molecule has 96 valence electrons. The summed E-state index contributed by atoms with van der Waals surface area (Å²) in [6, 6.07) is 8.73. The molecule has 2 rings (SSSR count). The first-order valence-electron chi connectivity index (χ1n) is 4.93. The fraction of sp³-hybridized carbons (Fsp3) is 0.0909. The summed E-state index contributed by atoms with van der Waals surface area (Å²) < 4.78 is 28.6. The minimum Gasteiger partial charge on any atom is -0.278 e. The lowest BCUT2D eigenvalue weighted by molar-refractivity contribution is 0.603. The van der Waals surface area contributed by atoms with Gasteiger partial charge in [-0.1, -0.05) is 6.07 Å². The quantitative estimate of drug-likeness (QED) is 0.815. The van der Waals surface area contributed by atoms with Crippen LogP contribution in [0, 0.1) is 6.92 Å². The van der Waals surface area contributed by atoms with E-state index < -0.39 is 10.0 Å². The fourth-order valence-electron chi connectivity index (χ4n) is 1.34. The van der Waals surface area contributed by atoms with E-state index in [2.05, 4.69) is 36.6 Å². The average Bonchev–Trinajstić information content (AvgIpc) is 2.70. The van der Waals surface area contributed by atoms with Crippen molar-refractivity contribution >= 4 is 58.9 Å². The molecule has 18 heavy (non-hydrogen) atoms. The largest absolute Gasteiger partial charge is 0.278 e. The number of hydrogen-bond acceptors (Lipinski definition) is 3. The first kappa shape index (κ1) is 14.0. The van der Waals surface area contributed by atoms with Crippen LogP contribution >= 0.6 is 43.2 Å². The van der Waals surface area contributed by atoms with Crippen LogP contribution in [0.3, 0.4) is 0 Å². The van der Waals surface area contributed by atoms with Gasteiger partial charge in [0.25, 0.3) is 10.0 Å². The summed E-state index contributed by atoms with van der Waals surface area (Å²) in [5, 5.41) is 0. The molecule has 0 unspecified atom stereocenters. The molecule has 0 aliphatic carbocycles. The smallest absolute Gasteiger partial charge is 0.271 e. The molecule has 7 heteroatoms. The van der Waals surface area contributed by atoms with E-state index in [9.17, 15) is 8.42 Å². The molecule has 0 atom stereocenters. The highest BCUT2D eigenvalue weighted by molar-refractivity contribution is 9.11. The van der Waals surface area contributed by atoms with Gasteiger partial charge in [0, 0.05) is 4.47 Å². The third kappa shape index (κ3) is 3.14.